The smallest absolute Gasteiger partial charge is 0.127 e. The Kier molecular flexibility index (Phi) is 3.85. The van der Waals surface area contributed by atoms with Crippen LogP contribution in [0.5, 0.6) is 0 Å². The van der Waals surface area contributed by atoms with Gasteiger partial charge in [-0.1, -0.05) is 32.3 Å². The van der Waals surface area contributed by atoms with Crippen molar-refractivity contribution in [3.05, 3.63) is 22.8 Å². The quantitative estimate of drug-likeness (QED) is 0.840. The van der Waals surface area contributed by atoms with Crippen LogP contribution in [0.3, 0.4) is 0 Å². The second-order valence-electron chi connectivity index (χ2n) is 5.07. The van der Waals surface area contributed by atoms with E-state index in [1.807, 2.05) is 18.2 Å². The van der Waals surface area contributed by atoms with Crippen LogP contribution in [-0.4, -0.2) is 11.5 Å². The number of hydrogen-bond donors (Lipinski definition) is 1. The summed E-state index contributed by atoms with van der Waals surface area (Å²) < 4.78 is 0.895. The van der Waals surface area contributed by atoms with Crippen LogP contribution < -0.4 is 5.32 Å². The highest BCUT2D eigenvalue weighted by Gasteiger charge is 2.26. The fourth-order valence-electron chi connectivity index (χ4n) is 2.39. The Balaban J connectivity index is 1.91. The van der Waals surface area contributed by atoms with Gasteiger partial charge >= 0.3 is 0 Å². The molecule has 1 heterocycles. The summed E-state index contributed by atoms with van der Waals surface area (Å²) in [5.41, 5.74) is 0.461. The molecule has 1 fully saturated rings. The molecular weight excluding hydrogens is 264 g/mol. The number of aromatic nitrogens is 1. The van der Waals surface area contributed by atoms with Crippen molar-refractivity contribution in [2.24, 2.45) is 5.41 Å². The van der Waals surface area contributed by atoms with Crippen LogP contribution in [0.1, 0.15) is 39.0 Å². The largest absolute Gasteiger partial charge is 0.369 e. The normalized spacial score (nSPS) is 19.4. The first kappa shape index (κ1) is 11.9. The third-order valence-electron chi connectivity index (χ3n) is 3.47. The molecule has 1 aromatic heterocycles. The van der Waals surface area contributed by atoms with Gasteiger partial charge in [-0.2, -0.15) is 0 Å². The predicted molar refractivity (Wildman–Crippen MR) is 71.6 cm³/mol. The van der Waals surface area contributed by atoms with Gasteiger partial charge in [0.2, 0.25) is 0 Å². The third-order valence-corrected chi connectivity index (χ3v) is 3.91. The van der Waals surface area contributed by atoms with Crippen LogP contribution in [0.15, 0.2) is 22.8 Å². The lowest BCUT2D eigenvalue weighted by Crippen LogP contribution is -2.29. The van der Waals surface area contributed by atoms with Gasteiger partial charge in [0.25, 0.3) is 0 Å². The van der Waals surface area contributed by atoms with Crippen molar-refractivity contribution >= 4 is 21.7 Å². The van der Waals surface area contributed by atoms with Gasteiger partial charge in [-0.05, 0) is 46.3 Å². The van der Waals surface area contributed by atoms with Crippen LogP contribution in [-0.2, 0) is 0 Å². The van der Waals surface area contributed by atoms with E-state index in [1.54, 1.807) is 0 Å². The van der Waals surface area contributed by atoms with E-state index in [4.69, 9.17) is 0 Å². The van der Waals surface area contributed by atoms with Crippen molar-refractivity contribution in [1.29, 1.82) is 0 Å². The zero-order chi connectivity index (χ0) is 11.4. The van der Waals surface area contributed by atoms with Gasteiger partial charge in [-0.3, -0.25) is 0 Å². The molecule has 0 atom stereocenters. The number of nitrogens with one attached hydrogen (secondary N) is 1. The van der Waals surface area contributed by atoms with Crippen molar-refractivity contribution in [3.8, 4) is 0 Å². The first-order chi connectivity index (χ1) is 7.68. The maximum absolute atomic E-state index is 4.39. The number of nitrogens with zero attached hydrogens (tertiary/aromatic N) is 1. The molecular formula is C13H19BrN2. The molecule has 3 heteroatoms. The Morgan fingerprint density at radius 2 is 2.06 bits per heavy atom. The van der Waals surface area contributed by atoms with E-state index >= 15 is 0 Å². The highest BCUT2D eigenvalue weighted by atomic mass is 79.9. The van der Waals surface area contributed by atoms with Gasteiger partial charge < -0.3 is 5.32 Å². The van der Waals surface area contributed by atoms with Gasteiger partial charge in [0.15, 0.2) is 0 Å². The van der Waals surface area contributed by atoms with Crippen LogP contribution in [0, 0.1) is 5.41 Å². The van der Waals surface area contributed by atoms with Crippen molar-refractivity contribution in [2.45, 2.75) is 39.0 Å². The number of rotatable bonds is 3. The molecule has 88 valence electrons. The molecule has 0 unspecified atom stereocenters. The monoisotopic (exact) mass is 282 g/mol. The van der Waals surface area contributed by atoms with Crippen LogP contribution in [0.4, 0.5) is 5.82 Å². The molecule has 1 aliphatic carbocycles. The lowest BCUT2D eigenvalue weighted by molar-refractivity contribution is 0.233. The molecule has 16 heavy (non-hydrogen) atoms. The highest BCUT2D eigenvalue weighted by molar-refractivity contribution is 9.10. The minimum Gasteiger partial charge on any atom is -0.369 e. The lowest BCUT2D eigenvalue weighted by Gasteiger charge is -2.33. The lowest BCUT2D eigenvalue weighted by atomic mass is 9.76. The molecule has 0 saturated heterocycles. The van der Waals surface area contributed by atoms with Crippen LogP contribution >= 0.6 is 15.9 Å². The van der Waals surface area contributed by atoms with Crippen molar-refractivity contribution < 1.29 is 0 Å². The first-order valence-electron chi connectivity index (χ1n) is 6.04. The minimum absolute atomic E-state index is 0.461. The van der Waals surface area contributed by atoms with Crippen molar-refractivity contribution in [2.75, 3.05) is 11.9 Å². The van der Waals surface area contributed by atoms with E-state index < -0.39 is 0 Å². The fraction of sp³-hybridized carbons (Fsp3) is 0.615. The van der Waals surface area contributed by atoms with Gasteiger partial charge in [0.05, 0.1) is 0 Å². The standard InChI is InChI=1S/C13H19BrN2/c1-13(8-3-2-4-9-13)10-15-12-7-5-6-11(14)16-12/h5-7H,2-4,8-10H2,1H3,(H,15,16). The SMILES string of the molecule is CC1(CNc2cccc(Br)n2)CCCCC1. The predicted octanol–water partition coefficient (Wildman–Crippen LogP) is 4.23. The van der Waals surface area contributed by atoms with Gasteiger partial charge in [-0.15, -0.1) is 0 Å². The van der Waals surface area contributed by atoms with Gasteiger partial charge in [-0.25, -0.2) is 4.98 Å². The van der Waals surface area contributed by atoms with Crippen LogP contribution in [0.2, 0.25) is 0 Å². The molecule has 0 aliphatic heterocycles. The fourth-order valence-corrected chi connectivity index (χ4v) is 2.74. The molecule has 0 radical (unpaired) electrons. The Morgan fingerprint density at radius 3 is 2.75 bits per heavy atom. The molecule has 1 aromatic rings. The summed E-state index contributed by atoms with van der Waals surface area (Å²) in [5.74, 6) is 0.973. The molecule has 0 spiro atoms. The van der Waals surface area contributed by atoms with E-state index in [2.05, 4.69) is 33.2 Å². The second kappa shape index (κ2) is 5.17. The van der Waals surface area contributed by atoms with E-state index in [0.717, 1.165) is 17.0 Å². The second-order valence-corrected chi connectivity index (χ2v) is 5.88. The molecule has 1 aliphatic rings. The Hall–Kier alpha value is -0.570. The Bertz CT molecular complexity index is 346. The highest BCUT2D eigenvalue weighted by Crippen LogP contribution is 2.35. The average Bonchev–Trinajstić information content (AvgIpc) is 2.28. The van der Waals surface area contributed by atoms with E-state index in [1.165, 1.54) is 32.1 Å². The number of halogens is 1. The molecule has 1 N–H and O–H groups in total. The molecule has 2 rings (SSSR count). The van der Waals surface area contributed by atoms with Crippen molar-refractivity contribution in [3.63, 3.8) is 0 Å². The summed E-state index contributed by atoms with van der Waals surface area (Å²) in [5, 5.41) is 3.45. The molecule has 0 bridgehead atoms. The molecule has 0 aromatic carbocycles. The molecule has 1 saturated carbocycles. The number of anilines is 1. The number of hydrogen-bond acceptors (Lipinski definition) is 2. The maximum atomic E-state index is 4.39. The minimum atomic E-state index is 0.461. The summed E-state index contributed by atoms with van der Waals surface area (Å²) in [4.78, 5) is 4.39. The Labute approximate surface area is 106 Å². The summed E-state index contributed by atoms with van der Waals surface area (Å²) in [6.45, 7) is 3.42. The van der Waals surface area contributed by atoms with E-state index in [9.17, 15) is 0 Å². The zero-order valence-electron chi connectivity index (χ0n) is 9.80. The van der Waals surface area contributed by atoms with Crippen LogP contribution in [0.25, 0.3) is 0 Å². The third kappa shape index (κ3) is 3.21. The van der Waals surface area contributed by atoms with Gasteiger partial charge in [0.1, 0.15) is 10.4 Å². The van der Waals surface area contributed by atoms with Gasteiger partial charge in [0, 0.05) is 6.54 Å². The topological polar surface area (TPSA) is 24.9 Å². The first-order valence-corrected chi connectivity index (χ1v) is 6.84. The zero-order valence-corrected chi connectivity index (χ0v) is 11.4. The number of pyridine rings is 1. The Morgan fingerprint density at radius 1 is 1.31 bits per heavy atom. The van der Waals surface area contributed by atoms with E-state index in [0.29, 0.717) is 5.41 Å². The summed E-state index contributed by atoms with van der Waals surface area (Å²) in [6, 6.07) is 5.99. The summed E-state index contributed by atoms with van der Waals surface area (Å²) in [6.07, 6.45) is 6.85. The maximum Gasteiger partial charge on any atom is 0.127 e. The molecule has 2 nitrogen and oxygen atoms in total. The van der Waals surface area contributed by atoms with Crippen molar-refractivity contribution in [1.82, 2.24) is 4.98 Å². The molecule has 0 amide bonds. The van der Waals surface area contributed by atoms with E-state index in [-0.39, 0.29) is 0 Å². The summed E-state index contributed by atoms with van der Waals surface area (Å²) >= 11 is 3.39. The average molecular weight is 283 g/mol. The summed E-state index contributed by atoms with van der Waals surface area (Å²) in [7, 11) is 0.